The number of likely N-dealkylation sites (tertiary alicyclic amines) is 2. The molecular formula is C21H25N3O3. The van der Waals surface area contributed by atoms with Gasteiger partial charge in [0, 0.05) is 44.6 Å². The fourth-order valence-electron chi connectivity index (χ4n) is 4.46. The summed E-state index contributed by atoms with van der Waals surface area (Å²) in [4.78, 5) is 29.4. The second-order valence-corrected chi connectivity index (χ2v) is 7.53. The molecule has 3 heterocycles. The minimum atomic E-state index is -0.844. The van der Waals surface area contributed by atoms with Crippen LogP contribution in [0.2, 0.25) is 0 Å². The van der Waals surface area contributed by atoms with Crippen LogP contribution >= 0.6 is 0 Å². The first-order chi connectivity index (χ1) is 13.1. The van der Waals surface area contributed by atoms with E-state index in [0.717, 1.165) is 43.6 Å². The van der Waals surface area contributed by atoms with Crippen molar-refractivity contribution in [2.75, 3.05) is 19.6 Å². The summed E-state index contributed by atoms with van der Waals surface area (Å²) in [6.45, 7) is 3.72. The van der Waals surface area contributed by atoms with E-state index in [0.29, 0.717) is 25.1 Å². The lowest BCUT2D eigenvalue weighted by molar-refractivity contribution is -0.150. The average Bonchev–Trinajstić information content (AvgIpc) is 3.43. The molecule has 27 heavy (non-hydrogen) atoms. The first-order valence-electron chi connectivity index (χ1n) is 9.69. The van der Waals surface area contributed by atoms with Crippen LogP contribution in [0.1, 0.15) is 38.4 Å². The highest BCUT2D eigenvalue weighted by Gasteiger charge is 2.51. The maximum absolute atomic E-state index is 13.4. The largest absolute Gasteiger partial charge is 0.361 e. The van der Waals surface area contributed by atoms with Gasteiger partial charge in [-0.25, -0.2) is 0 Å². The first-order valence-corrected chi connectivity index (χ1v) is 9.69. The second-order valence-electron chi connectivity index (χ2n) is 7.53. The molecule has 6 heteroatoms. The standard InChI is InChI=1S/C21H25N3O3/c1-16(25)24-13-7-10-21(24,20(26)23-11-5-6-12-23)15-18-14-19(22-27-18)17-8-3-2-4-9-17/h2-4,8-9,14H,5-7,10-13,15H2,1H3. The molecular weight excluding hydrogens is 342 g/mol. The Morgan fingerprint density at radius 2 is 1.85 bits per heavy atom. The minimum absolute atomic E-state index is 0.0529. The molecule has 2 aliphatic rings. The van der Waals surface area contributed by atoms with E-state index in [1.165, 1.54) is 0 Å². The van der Waals surface area contributed by atoms with Crippen LogP contribution in [0, 0.1) is 0 Å². The van der Waals surface area contributed by atoms with Crippen molar-refractivity contribution in [2.45, 2.75) is 44.6 Å². The van der Waals surface area contributed by atoms with Gasteiger partial charge in [0.25, 0.3) is 0 Å². The van der Waals surface area contributed by atoms with E-state index in [9.17, 15) is 9.59 Å². The molecule has 1 aromatic carbocycles. The number of rotatable bonds is 4. The highest BCUT2D eigenvalue weighted by Crippen LogP contribution is 2.36. The maximum atomic E-state index is 13.4. The number of amides is 2. The lowest BCUT2D eigenvalue weighted by Crippen LogP contribution is -2.58. The molecule has 2 saturated heterocycles. The number of hydrogen-bond donors (Lipinski definition) is 0. The Labute approximate surface area is 159 Å². The number of aromatic nitrogens is 1. The third kappa shape index (κ3) is 3.24. The molecule has 6 nitrogen and oxygen atoms in total. The Balaban J connectivity index is 1.65. The van der Waals surface area contributed by atoms with Crippen molar-refractivity contribution in [3.8, 4) is 11.3 Å². The summed E-state index contributed by atoms with van der Waals surface area (Å²) < 4.78 is 5.59. The topological polar surface area (TPSA) is 66.7 Å². The minimum Gasteiger partial charge on any atom is -0.361 e. The van der Waals surface area contributed by atoms with Gasteiger partial charge in [-0.1, -0.05) is 35.5 Å². The summed E-state index contributed by atoms with van der Waals surface area (Å²) in [6.07, 6.45) is 3.94. The Hall–Kier alpha value is -2.63. The molecule has 0 radical (unpaired) electrons. The summed E-state index contributed by atoms with van der Waals surface area (Å²) in [5.74, 6) is 0.655. The van der Waals surface area contributed by atoms with Crippen molar-refractivity contribution in [1.82, 2.24) is 15.0 Å². The van der Waals surface area contributed by atoms with E-state index in [1.807, 2.05) is 41.3 Å². The van der Waals surface area contributed by atoms with Gasteiger partial charge in [0.15, 0.2) is 0 Å². The molecule has 4 rings (SSSR count). The van der Waals surface area contributed by atoms with Crippen molar-refractivity contribution in [3.63, 3.8) is 0 Å². The summed E-state index contributed by atoms with van der Waals surface area (Å²) >= 11 is 0. The van der Waals surface area contributed by atoms with Crippen LogP contribution in [0.15, 0.2) is 40.9 Å². The number of hydrogen-bond acceptors (Lipinski definition) is 4. The fourth-order valence-corrected chi connectivity index (χ4v) is 4.46. The van der Waals surface area contributed by atoms with Gasteiger partial charge in [-0.2, -0.15) is 0 Å². The van der Waals surface area contributed by atoms with Crippen LogP contribution in [-0.2, 0) is 16.0 Å². The Morgan fingerprint density at radius 3 is 2.56 bits per heavy atom. The van der Waals surface area contributed by atoms with Crippen molar-refractivity contribution in [2.24, 2.45) is 0 Å². The van der Waals surface area contributed by atoms with Crippen LogP contribution in [-0.4, -0.2) is 51.9 Å². The Kier molecular flexibility index (Phi) is 4.72. The van der Waals surface area contributed by atoms with E-state index in [1.54, 1.807) is 11.8 Å². The molecule has 142 valence electrons. The highest BCUT2D eigenvalue weighted by molar-refractivity contribution is 5.92. The molecule has 0 N–H and O–H groups in total. The Morgan fingerprint density at radius 1 is 1.11 bits per heavy atom. The summed E-state index contributed by atoms with van der Waals surface area (Å²) in [7, 11) is 0. The second kappa shape index (κ2) is 7.18. The molecule has 2 aliphatic heterocycles. The van der Waals surface area contributed by atoms with Gasteiger partial charge in [-0.05, 0) is 25.7 Å². The van der Waals surface area contributed by atoms with Crippen molar-refractivity contribution in [1.29, 1.82) is 0 Å². The summed E-state index contributed by atoms with van der Waals surface area (Å²) in [5.41, 5.74) is 0.882. The molecule has 2 aromatic rings. The zero-order chi connectivity index (χ0) is 18.9. The lowest BCUT2D eigenvalue weighted by Gasteiger charge is -2.38. The molecule has 0 spiro atoms. The molecule has 1 atom stereocenters. The van der Waals surface area contributed by atoms with E-state index in [4.69, 9.17) is 4.52 Å². The molecule has 1 aromatic heterocycles. The van der Waals surface area contributed by atoms with Crippen LogP contribution in [0.5, 0.6) is 0 Å². The smallest absolute Gasteiger partial charge is 0.249 e. The SMILES string of the molecule is CC(=O)N1CCCC1(Cc1cc(-c2ccccc2)no1)C(=O)N1CCCC1. The monoisotopic (exact) mass is 367 g/mol. The van der Waals surface area contributed by atoms with Gasteiger partial charge in [0.2, 0.25) is 11.8 Å². The van der Waals surface area contributed by atoms with Crippen LogP contribution in [0.3, 0.4) is 0 Å². The zero-order valence-electron chi connectivity index (χ0n) is 15.7. The third-order valence-corrected chi connectivity index (χ3v) is 5.76. The lowest BCUT2D eigenvalue weighted by atomic mass is 9.88. The molecule has 2 amide bonds. The zero-order valence-corrected chi connectivity index (χ0v) is 15.7. The van der Waals surface area contributed by atoms with Crippen molar-refractivity contribution >= 4 is 11.8 Å². The van der Waals surface area contributed by atoms with E-state index >= 15 is 0 Å². The number of carbonyl (C=O) groups is 2. The van der Waals surface area contributed by atoms with Gasteiger partial charge in [-0.3, -0.25) is 9.59 Å². The Bertz CT molecular complexity index is 826. The molecule has 0 bridgehead atoms. The summed E-state index contributed by atoms with van der Waals surface area (Å²) in [5, 5.41) is 4.18. The van der Waals surface area contributed by atoms with E-state index in [-0.39, 0.29) is 11.8 Å². The molecule has 1 unspecified atom stereocenters. The number of nitrogens with zero attached hydrogens (tertiary/aromatic N) is 3. The normalized spacial score (nSPS) is 22.4. The first kappa shape index (κ1) is 17.8. The predicted octanol–water partition coefficient (Wildman–Crippen LogP) is 2.89. The quantitative estimate of drug-likeness (QED) is 0.833. The van der Waals surface area contributed by atoms with Gasteiger partial charge in [0.05, 0.1) is 0 Å². The number of benzene rings is 1. The van der Waals surface area contributed by atoms with Crippen molar-refractivity contribution in [3.05, 3.63) is 42.2 Å². The van der Waals surface area contributed by atoms with E-state index in [2.05, 4.69) is 5.16 Å². The maximum Gasteiger partial charge on any atom is 0.249 e. The van der Waals surface area contributed by atoms with Gasteiger partial charge >= 0.3 is 0 Å². The van der Waals surface area contributed by atoms with Gasteiger partial charge in [-0.15, -0.1) is 0 Å². The average molecular weight is 367 g/mol. The van der Waals surface area contributed by atoms with Gasteiger partial charge in [0.1, 0.15) is 17.0 Å². The van der Waals surface area contributed by atoms with Crippen LogP contribution in [0.4, 0.5) is 0 Å². The van der Waals surface area contributed by atoms with Crippen LogP contribution in [0.25, 0.3) is 11.3 Å². The van der Waals surface area contributed by atoms with Gasteiger partial charge < -0.3 is 14.3 Å². The summed E-state index contributed by atoms with van der Waals surface area (Å²) in [6, 6.07) is 11.7. The molecule has 0 aliphatic carbocycles. The van der Waals surface area contributed by atoms with E-state index < -0.39 is 5.54 Å². The predicted molar refractivity (Wildman–Crippen MR) is 101 cm³/mol. The number of carbonyl (C=O) groups excluding carboxylic acids is 2. The molecule has 0 saturated carbocycles. The fraction of sp³-hybridized carbons (Fsp3) is 0.476. The van der Waals surface area contributed by atoms with Crippen molar-refractivity contribution < 1.29 is 14.1 Å². The molecule has 2 fully saturated rings. The third-order valence-electron chi connectivity index (χ3n) is 5.76. The van der Waals surface area contributed by atoms with Crippen LogP contribution < -0.4 is 0 Å². The highest BCUT2D eigenvalue weighted by atomic mass is 16.5.